The summed E-state index contributed by atoms with van der Waals surface area (Å²) in [6.07, 6.45) is 5.63. The number of ether oxygens (including phenoxy) is 1. The van der Waals surface area contributed by atoms with Crippen LogP contribution < -0.4 is 10.0 Å². The van der Waals surface area contributed by atoms with E-state index in [1.54, 1.807) is 19.2 Å². The van der Waals surface area contributed by atoms with E-state index in [1.165, 1.54) is 29.7 Å². The number of methoxy groups -OCH3 is 1. The third kappa shape index (κ3) is 4.12. The lowest BCUT2D eigenvalue weighted by Crippen LogP contribution is -2.49. The van der Waals surface area contributed by atoms with Crippen molar-refractivity contribution in [3.8, 4) is 5.75 Å². The van der Waals surface area contributed by atoms with Crippen molar-refractivity contribution in [2.24, 2.45) is 23.2 Å². The Labute approximate surface area is 231 Å². The Morgan fingerprint density at radius 1 is 1.08 bits per heavy atom. The van der Waals surface area contributed by atoms with Crippen molar-refractivity contribution in [2.45, 2.75) is 57.6 Å². The molecule has 3 aromatic carbocycles. The average Bonchev–Trinajstić information content (AvgIpc) is 3.25. The molecule has 0 radical (unpaired) electrons. The summed E-state index contributed by atoms with van der Waals surface area (Å²) in [5, 5.41) is 0.756. The molecule has 1 aliphatic heterocycles. The summed E-state index contributed by atoms with van der Waals surface area (Å²) in [5.41, 5.74) is 3.93. The summed E-state index contributed by atoms with van der Waals surface area (Å²) in [6, 6.07) is 23.0. The van der Waals surface area contributed by atoms with Gasteiger partial charge in [0, 0.05) is 13.1 Å². The lowest BCUT2D eigenvalue weighted by Gasteiger charge is -2.52. The molecule has 4 aliphatic rings. The number of fused-ring (bicyclic) bond motifs is 7. The van der Waals surface area contributed by atoms with Crippen molar-refractivity contribution in [3.05, 3.63) is 95.3 Å². The largest absolute Gasteiger partial charge is 0.497 e. The number of halogens is 1. The van der Waals surface area contributed by atoms with Gasteiger partial charge in [-0.3, -0.25) is 4.57 Å². The first-order chi connectivity index (χ1) is 18.9. The highest BCUT2D eigenvalue weighted by atomic mass is 31.2. The van der Waals surface area contributed by atoms with Gasteiger partial charge in [0.05, 0.1) is 18.5 Å². The molecular formula is C33H37FNO3P. The van der Waals surface area contributed by atoms with Crippen molar-refractivity contribution < 1.29 is 18.2 Å². The van der Waals surface area contributed by atoms with E-state index >= 15 is 0 Å². The molecule has 204 valence electrons. The Balaban J connectivity index is 1.22. The minimum Gasteiger partial charge on any atom is -0.497 e. The molecule has 6 heteroatoms. The molecular weight excluding hydrogens is 508 g/mol. The molecule has 0 bridgehead atoms. The fourth-order valence-electron chi connectivity index (χ4n) is 8.59. The molecule has 3 aromatic rings. The summed E-state index contributed by atoms with van der Waals surface area (Å²) in [4.78, 5) is 0. The Kier molecular flexibility index (Phi) is 6.26. The van der Waals surface area contributed by atoms with Crippen LogP contribution in [0.3, 0.4) is 0 Å². The smallest absolute Gasteiger partial charge is 0.302 e. The maximum atomic E-state index is 14.9. The van der Waals surface area contributed by atoms with E-state index in [1.807, 2.05) is 30.3 Å². The lowest BCUT2D eigenvalue weighted by atomic mass is 9.55. The van der Waals surface area contributed by atoms with Crippen LogP contribution in [0.2, 0.25) is 0 Å². The SMILES string of the molecule is COc1ccc2c(c1)CC[C@@H]1[C@@H]2CC[C@@]2(C)[C@H]1C[C@@H]1CN(Cc3ccc(F)cc3)P(=O)(c3ccccc3)O[C@@H]12. The van der Waals surface area contributed by atoms with Crippen LogP contribution in [0.5, 0.6) is 5.75 Å². The second-order valence-corrected chi connectivity index (χ2v) is 14.7. The number of benzene rings is 3. The predicted octanol–water partition coefficient (Wildman–Crippen LogP) is 7.34. The molecule has 1 saturated heterocycles. The van der Waals surface area contributed by atoms with Crippen molar-refractivity contribution in [1.29, 1.82) is 0 Å². The highest BCUT2D eigenvalue weighted by Gasteiger charge is 2.62. The van der Waals surface area contributed by atoms with Crippen LogP contribution in [0.25, 0.3) is 0 Å². The van der Waals surface area contributed by atoms with Gasteiger partial charge in [0.25, 0.3) is 0 Å². The van der Waals surface area contributed by atoms with Crippen molar-refractivity contribution in [1.82, 2.24) is 4.67 Å². The quantitative estimate of drug-likeness (QED) is 0.322. The van der Waals surface area contributed by atoms with E-state index in [0.717, 1.165) is 48.8 Å². The standard InChI is InChI=1S/C33H37FNO3P/c1-33-17-16-29-28-15-13-26(37-2)18-23(28)10-14-30(29)31(33)19-24-21-35(20-22-8-11-25(34)12-9-22)39(36,38-32(24)33)27-6-4-3-5-7-27/h3-9,11-13,15,18,24,29-32H,10,14,16-17,19-21H2,1-2H3/t24-,29-,30-,31+,32+,33+,39?/m1/s1. The molecule has 7 rings (SSSR count). The molecule has 4 nitrogen and oxygen atoms in total. The fraction of sp³-hybridized carbons (Fsp3) is 0.455. The summed E-state index contributed by atoms with van der Waals surface area (Å²) in [6.45, 7) is 3.65. The molecule has 39 heavy (non-hydrogen) atoms. The molecule has 7 atom stereocenters. The van der Waals surface area contributed by atoms with Crippen LogP contribution in [-0.2, 0) is 22.1 Å². The first kappa shape index (κ1) is 25.5. The van der Waals surface area contributed by atoms with Gasteiger partial charge in [-0.2, -0.15) is 0 Å². The van der Waals surface area contributed by atoms with E-state index in [2.05, 4.69) is 29.8 Å². The molecule has 1 heterocycles. The predicted molar refractivity (Wildman–Crippen MR) is 152 cm³/mol. The zero-order valence-corrected chi connectivity index (χ0v) is 23.7. The van der Waals surface area contributed by atoms with E-state index in [-0.39, 0.29) is 17.3 Å². The Morgan fingerprint density at radius 3 is 2.64 bits per heavy atom. The van der Waals surface area contributed by atoms with Crippen molar-refractivity contribution >= 4 is 12.8 Å². The van der Waals surface area contributed by atoms with Gasteiger partial charge in [-0.05, 0) is 114 Å². The monoisotopic (exact) mass is 545 g/mol. The summed E-state index contributed by atoms with van der Waals surface area (Å²) >= 11 is 0. The van der Waals surface area contributed by atoms with Crippen LogP contribution in [0.15, 0.2) is 72.8 Å². The topological polar surface area (TPSA) is 38.8 Å². The van der Waals surface area contributed by atoms with Crippen LogP contribution in [0.1, 0.15) is 55.2 Å². The minimum atomic E-state index is -3.30. The number of nitrogens with zero attached hydrogens (tertiary/aromatic N) is 1. The molecule has 3 aliphatic carbocycles. The van der Waals surface area contributed by atoms with E-state index in [0.29, 0.717) is 30.2 Å². The first-order valence-electron chi connectivity index (χ1n) is 14.4. The molecule has 0 spiro atoms. The van der Waals surface area contributed by atoms with E-state index in [4.69, 9.17) is 9.26 Å². The second-order valence-electron chi connectivity index (χ2n) is 12.4. The molecule has 0 N–H and O–H groups in total. The van der Waals surface area contributed by atoms with Gasteiger partial charge in [-0.1, -0.05) is 43.3 Å². The van der Waals surface area contributed by atoms with Crippen LogP contribution in [0.4, 0.5) is 4.39 Å². The summed E-state index contributed by atoms with van der Waals surface area (Å²) in [5.74, 6) is 2.79. The van der Waals surface area contributed by atoms with Crippen LogP contribution in [-0.4, -0.2) is 24.4 Å². The maximum absolute atomic E-state index is 14.9. The van der Waals surface area contributed by atoms with Gasteiger partial charge >= 0.3 is 7.52 Å². The molecule has 0 aromatic heterocycles. The zero-order valence-electron chi connectivity index (χ0n) is 22.8. The molecule has 3 fully saturated rings. The normalized spacial score (nSPS) is 35.4. The first-order valence-corrected chi connectivity index (χ1v) is 16.0. The zero-order chi connectivity index (χ0) is 26.8. The highest BCUT2D eigenvalue weighted by molar-refractivity contribution is 7.64. The van der Waals surface area contributed by atoms with Crippen molar-refractivity contribution in [3.63, 3.8) is 0 Å². The Morgan fingerprint density at radius 2 is 1.87 bits per heavy atom. The van der Waals surface area contributed by atoms with Crippen LogP contribution in [0, 0.1) is 29.0 Å². The van der Waals surface area contributed by atoms with E-state index in [9.17, 15) is 8.96 Å². The van der Waals surface area contributed by atoms with Gasteiger partial charge in [-0.15, -0.1) is 0 Å². The lowest BCUT2D eigenvalue weighted by molar-refractivity contribution is -0.0322. The van der Waals surface area contributed by atoms with Gasteiger partial charge in [0.15, 0.2) is 0 Å². The number of hydrogen-bond acceptors (Lipinski definition) is 3. The van der Waals surface area contributed by atoms with Gasteiger partial charge in [0.2, 0.25) is 0 Å². The molecule has 2 saturated carbocycles. The Bertz CT molecular complexity index is 1410. The summed E-state index contributed by atoms with van der Waals surface area (Å²) in [7, 11) is -1.56. The fourth-order valence-corrected chi connectivity index (χ4v) is 11.2. The minimum absolute atomic E-state index is 0.0161. The van der Waals surface area contributed by atoms with Gasteiger partial charge in [0.1, 0.15) is 11.6 Å². The average molecular weight is 546 g/mol. The third-order valence-electron chi connectivity index (χ3n) is 10.4. The second kappa shape index (κ2) is 9.58. The summed E-state index contributed by atoms with van der Waals surface area (Å²) < 4.78 is 43.1. The van der Waals surface area contributed by atoms with Crippen LogP contribution >= 0.6 is 7.52 Å². The third-order valence-corrected chi connectivity index (χ3v) is 13.0. The van der Waals surface area contributed by atoms with Gasteiger partial charge < -0.3 is 9.26 Å². The molecule has 0 amide bonds. The van der Waals surface area contributed by atoms with Crippen molar-refractivity contribution in [2.75, 3.05) is 13.7 Å². The maximum Gasteiger partial charge on any atom is 0.302 e. The van der Waals surface area contributed by atoms with E-state index < -0.39 is 7.52 Å². The van der Waals surface area contributed by atoms with Gasteiger partial charge in [-0.25, -0.2) is 9.06 Å². The molecule has 1 unspecified atom stereocenters. The number of hydrogen-bond donors (Lipinski definition) is 0. The number of rotatable bonds is 4. The Hall–Kier alpha value is -2.46. The highest BCUT2D eigenvalue weighted by Crippen LogP contribution is 2.68. The number of aryl methyl sites for hydroxylation is 1.